The van der Waals surface area contributed by atoms with Gasteiger partial charge in [-0.3, -0.25) is 4.79 Å². The van der Waals surface area contributed by atoms with E-state index in [1.54, 1.807) is 7.11 Å². The topological polar surface area (TPSA) is 88.2 Å². The first-order chi connectivity index (χ1) is 12.3. The molecule has 1 aromatic carbocycles. The molecule has 1 aliphatic rings. The molecule has 0 bridgehead atoms. The molecule has 0 atom stereocenters. The molecule has 0 radical (unpaired) electrons. The van der Waals surface area contributed by atoms with Gasteiger partial charge in [-0.1, -0.05) is 0 Å². The number of nitrogens with zero attached hydrogens (tertiary/aromatic N) is 2. The summed E-state index contributed by atoms with van der Waals surface area (Å²) in [7, 11) is 1.23. The van der Waals surface area contributed by atoms with Crippen molar-refractivity contribution >= 4 is 16.1 Å². The first kappa shape index (κ1) is 20.5. The van der Waals surface area contributed by atoms with Crippen molar-refractivity contribution in [1.29, 1.82) is 0 Å². The minimum atomic E-state index is -3.40. The normalized spacial score (nSPS) is 16.5. The summed E-state index contributed by atoms with van der Waals surface area (Å²) in [5.74, 6) is 1.25. The standard InChI is InChI=1S/C17H27N3O5S/c1-19(2)26(22,23)20-11-8-14(9-12-20)17(21)18-10-13-25-16-6-4-15(24-3)5-7-16/h4-7,14H,8-13H2,1-3H3,(H,18,21). The molecule has 0 aliphatic carbocycles. The molecule has 0 unspecified atom stereocenters. The van der Waals surface area contributed by atoms with E-state index in [0.717, 1.165) is 5.75 Å². The molecule has 8 nitrogen and oxygen atoms in total. The monoisotopic (exact) mass is 385 g/mol. The molecule has 1 heterocycles. The molecule has 1 fully saturated rings. The van der Waals surface area contributed by atoms with Crippen LogP contribution in [0.15, 0.2) is 24.3 Å². The highest BCUT2D eigenvalue weighted by molar-refractivity contribution is 7.86. The smallest absolute Gasteiger partial charge is 0.281 e. The Hall–Kier alpha value is -1.84. The SMILES string of the molecule is COc1ccc(OCCNC(=O)C2CCN(S(=O)(=O)N(C)C)CC2)cc1. The largest absolute Gasteiger partial charge is 0.497 e. The Bertz CT molecular complexity index is 683. The van der Waals surface area contributed by atoms with Gasteiger partial charge >= 0.3 is 0 Å². The van der Waals surface area contributed by atoms with Crippen molar-refractivity contribution in [2.45, 2.75) is 12.8 Å². The number of benzene rings is 1. The van der Waals surface area contributed by atoms with Crippen molar-refractivity contribution in [3.8, 4) is 11.5 Å². The van der Waals surface area contributed by atoms with Crippen LogP contribution >= 0.6 is 0 Å². The van der Waals surface area contributed by atoms with Crippen LogP contribution in [0.1, 0.15) is 12.8 Å². The second-order valence-electron chi connectivity index (χ2n) is 6.28. The van der Waals surface area contributed by atoms with Gasteiger partial charge in [-0.25, -0.2) is 0 Å². The fourth-order valence-corrected chi connectivity index (χ4v) is 3.87. The predicted molar refractivity (Wildman–Crippen MR) is 98.4 cm³/mol. The first-order valence-corrected chi connectivity index (χ1v) is 9.96. The van der Waals surface area contributed by atoms with Gasteiger partial charge in [0.1, 0.15) is 18.1 Å². The highest BCUT2D eigenvalue weighted by atomic mass is 32.2. The van der Waals surface area contributed by atoms with Crippen LogP contribution in [0.2, 0.25) is 0 Å². The van der Waals surface area contributed by atoms with Crippen molar-refractivity contribution in [1.82, 2.24) is 13.9 Å². The van der Waals surface area contributed by atoms with Gasteiger partial charge in [0, 0.05) is 33.1 Å². The lowest BCUT2D eigenvalue weighted by molar-refractivity contribution is -0.126. The molecule has 26 heavy (non-hydrogen) atoms. The zero-order valence-corrected chi connectivity index (χ0v) is 16.3. The van der Waals surface area contributed by atoms with Crippen molar-refractivity contribution in [3.63, 3.8) is 0 Å². The van der Waals surface area contributed by atoms with Crippen LogP contribution in [0.3, 0.4) is 0 Å². The Morgan fingerprint density at radius 2 is 1.77 bits per heavy atom. The van der Waals surface area contributed by atoms with Crippen LogP contribution in [0.5, 0.6) is 11.5 Å². The Labute approximate surface area is 155 Å². The number of methoxy groups -OCH3 is 1. The molecule has 0 spiro atoms. The lowest BCUT2D eigenvalue weighted by Gasteiger charge is -2.32. The summed E-state index contributed by atoms with van der Waals surface area (Å²) in [6, 6.07) is 7.23. The summed E-state index contributed by atoms with van der Waals surface area (Å²) < 4.78 is 37.4. The summed E-state index contributed by atoms with van der Waals surface area (Å²) in [5, 5.41) is 2.85. The molecule has 1 aliphatic heterocycles. The lowest BCUT2D eigenvalue weighted by Crippen LogP contribution is -2.47. The molecule has 1 amide bonds. The Balaban J connectivity index is 1.69. The summed E-state index contributed by atoms with van der Waals surface area (Å²) in [6.45, 7) is 1.49. The maximum atomic E-state index is 12.2. The van der Waals surface area contributed by atoms with E-state index >= 15 is 0 Å². The summed E-state index contributed by atoms with van der Waals surface area (Å²) >= 11 is 0. The molecular formula is C17H27N3O5S. The lowest BCUT2D eigenvalue weighted by atomic mass is 9.97. The molecule has 0 saturated carbocycles. The average Bonchev–Trinajstić information content (AvgIpc) is 2.65. The van der Waals surface area contributed by atoms with E-state index in [0.29, 0.717) is 44.8 Å². The van der Waals surface area contributed by atoms with Crippen molar-refractivity contribution in [2.75, 3.05) is 47.4 Å². The number of hydrogen-bond acceptors (Lipinski definition) is 5. The molecule has 1 aromatic rings. The van der Waals surface area contributed by atoms with Crippen molar-refractivity contribution in [2.24, 2.45) is 5.92 Å². The van der Waals surface area contributed by atoms with Gasteiger partial charge in [-0.2, -0.15) is 17.0 Å². The van der Waals surface area contributed by atoms with E-state index in [-0.39, 0.29) is 11.8 Å². The van der Waals surface area contributed by atoms with E-state index in [2.05, 4.69) is 5.32 Å². The fraction of sp³-hybridized carbons (Fsp3) is 0.588. The Kier molecular flexibility index (Phi) is 7.24. The van der Waals surface area contributed by atoms with Gasteiger partial charge in [0.25, 0.3) is 10.2 Å². The van der Waals surface area contributed by atoms with Gasteiger partial charge in [-0.15, -0.1) is 0 Å². The van der Waals surface area contributed by atoms with E-state index < -0.39 is 10.2 Å². The van der Waals surface area contributed by atoms with E-state index in [1.807, 2.05) is 24.3 Å². The molecule has 0 aromatic heterocycles. The van der Waals surface area contributed by atoms with E-state index in [9.17, 15) is 13.2 Å². The number of hydrogen-bond donors (Lipinski definition) is 1. The van der Waals surface area contributed by atoms with Crippen LogP contribution in [0, 0.1) is 5.92 Å². The van der Waals surface area contributed by atoms with Gasteiger partial charge in [0.15, 0.2) is 0 Å². The van der Waals surface area contributed by atoms with Crippen LogP contribution in [0.4, 0.5) is 0 Å². The van der Waals surface area contributed by atoms with Gasteiger partial charge in [0.05, 0.1) is 13.7 Å². The zero-order valence-electron chi connectivity index (χ0n) is 15.5. The maximum absolute atomic E-state index is 12.2. The number of piperidine rings is 1. The van der Waals surface area contributed by atoms with Crippen molar-refractivity contribution < 1.29 is 22.7 Å². The van der Waals surface area contributed by atoms with E-state index in [1.165, 1.54) is 22.7 Å². The minimum absolute atomic E-state index is 0.0507. The molecule has 2 rings (SSSR count). The van der Waals surface area contributed by atoms with Crippen molar-refractivity contribution in [3.05, 3.63) is 24.3 Å². The van der Waals surface area contributed by atoms with Crippen LogP contribution in [-0.4, -0.2) is 70.4 Å². The Morgan fingerprint density at radius 3 is 2.31 bits per heavy atom. The highest BCUT2D eigenvalue weighted by Crippen LogP contribution is 2.20. The van der Waals surface area contributed by atoms with Crippen LogP contribution < -0.4 is 14.8 Å². The number of rotatable bonds is 8. The number of carbonyl (C=O) groups excluding carboxylic acids is 1. The minimum Gasteiger partial charge on any atom is -0.497 e. The third-order valence-corrected chi connectivity index (χ3v) is 6.28. The molecule has 1 saturated heterocycles. The third kappa shape index (κ3) is 5.33. The number of carbonyl (C=O) groups is 1. The quantitative estimate of drug-likeness (QED) is 0.666. The average molecular weight is 385 g/mol. The van der Waals surface area contributed by atoms with Crippen LogP contribution in [0.25, 0.3) is 0 Å². The summed E-state index contributed by atoms with van der Waals surface area (Å²) in [5.41, 5.74) is 0. The van der Waals surface area contributed by atoms with Gasteiger partial charge < -0.3 is 14.8 Å². The fourth-order valence-electron chi connectivity index (χ4n) is 2.74. The maximum Gasteiger partial charge on any atom is 0.281 e. The number of ether oxygens (including phenoxy) is 2. The second-order valence-corrected chi connectivity index (χ2v) is 8.42. The summed E-state index contributed by atoms with van der Waals surface area (Å²) in [4.78, 5) is 12.2. The third-order valence-electron chi connectivity index (χ3n) is 4.34. The van der Waals surface area contributed by atoms with Gasteiger partial charge in [-0.05, 0) is 37.1 Å². The molecule has 146 valence electrons. The highest BCUT2D eigenvalue weighted by Gasteiger charge is 2.31. The predicted octanol–water partition coefficient (Wildman–Crippen LogP) is 0.709. The number of amides is 1. The summed E-state index contributed by atoms with van der Waals surface area (Å²) in [6.07, 6.45) is 1.05. The first-order valence-electron chi connectivity index (χ1n) is 8.56. The molecule has 1 N–H and O–H groups in total. The van der Waals surface area contributed by atoms with E-state index in [4.69, 9.17) is 9.47 Å². The van der Waals surface area contributed by atoms with Gasteiger partial charge in [0.2, 0.25) is 5.91 Å². The number of nitrogens with one attached hydrogen (secondary N) is 1. The van der Waals surface area contributed by atoms with Crippen LogP contribution in [-0.2, 0) is 15.0 Å². The Morgan fingerprint density at radius 1 is 1.19 bits per heavy atom. The molecular weight excluding hydrogens is 358 g/mol. The molecule has 9 heteroatoms. The second kappa shape index (κ2) is 9.20. The zero-order chi connectivity index (χ0) is 19.2.